The summed E-state index contributed by atoms with van der Waals surface area (Å²) in [6.07, 6.45) is 1.79. The number of halogens is 1. The summed E-state index contributed by atoms with van der Waals surface area (Å²) in [7, 11) is -2.01. The highest BCUT2D eigenvalue weighted by molar-refractivity contribution is 7.95. The Morgan fingerprint density at radius 1 is 0.471 bits per heavy atom. The Balaban J connectivity index is 1.78. The van der Waals surface area contributed by atoms with Gasteiger partial charge in [-0.2, -0.15) is 0 Å². The zero-order valence-corrected chi connectivity index (χ0v) is 20.7. The summed E-state index contributed by atoms with van der Waals surface area (Å²) in [6, 6.07) is 50.3. The van der Waals surface area contributed by atoms with Crippen LogP contribution in [0, 0.1) is 0 Å². The fraction of sp³-hybridized carbons (Fsp3) is 0.0625. The number of hydrogen-bond donors (Lipinski definition) is 0. The molecule has 0 N–H and O–H groups in total. The highest BCUT2D eigenvalue weighted by Gasteiger charge is 2.46. The van der Waals surface area contributed by atoms with Crippen molar-refractivity contribution in [2.24, 2.45) is 0 Å². The molecule has 0 fully saturated rings. The van der Waals surface area contributed by atoms with E-state index in [2.05, 4.69) is 127 Å². The van der Waals surface area contributed by atoms with Gasteiger partial charge in [-0.05, 0) is 53.1 Å². The van der Waals surface area contributed by atoms with Crippen LogP contribution in [0.5, 0.6) is 0 Å². The number of rotatable bonds is 7. The molecule has 0 spiro atoms. The third-order valence-corrected chi connectivity index (χ3v) is 11.2. The summed E-state index contributed by atoms with van der Waals surface area (Å²) < 4.78 is 0. The van der Waals surface area contributed by atoms with Gasteiger partial charge in [0.2, 0.25) is 0 Å². The van der Waals surface area contributed by atoms with Gasteiger partial charge in [0.1, 0.15) is 23.2 Å². The van der Waals surface area contributed by atoms with Gasteiger partial charge in [0.15, 0.2) is 0 Å². The highest BCUT2D eigenvalue weighted by Crippen LogP contribution is 2.59. The van der Waals surface area contributed by atoms with Crippen molar-refractivity contribution >= 4 is 34.8 Å². The van der Waals surface area contributed by atoms with Crippen molar-refractivity contribution in [3.8, 4) is 0 Å². The summed E-state index contributed by atoms with van der Waals surface area (Å²) in [4.78, 5) is 0. The van der Waals surface area contributed by atoms with Crippen LogP contribution in [-0.4, -0.2) is 0 Å². The molecule has 0 aliphatic rings. The van der Waals surface area contributed by atoms with Crippen molar-refractivity contribution in [3.63, 3.8) is 0 Å². The molecule has 5 aromatic rings. The van der Waals surface area contributed by atoms with E-state index in [1.807, 2.05) is 12.1 Å². The first-order valence-electron chi connectivity index (χ1n) is 11.6. The standard InChI is InChI=1S/C32H27ClP/c33-31-22-12-10-16-27(31)24-28-17-11-13-23-32(28)34(29-18-6-2-7-19-29,30-20-8-3-9-21-30)25-26-14-4-1-5-15-26/h1-23H,24-25H2/q+1. The molecule has 0 nitrogen and oxygen atoms in total. The lowest BCUT2D eigenvalue weighted by atomic mass is 10.1. The van der Waals surface area contributed by atoms with Crippen LogP contribution < -0.4 is 15.9 Å². The average Bonchev–Trinajstić information content (AvgIpc) is 2.91. The molecule has 5 rings (SSSR count). The second kappa shape index (κ2) is 10.4. The topological polar surface area (TPSA) is 0 Å². The Kier molecular flexibility index (Phi) is 6.91. The lowest BCUT2D eigenvalue weighted by Crippen LogP contribution is -2.34. The van der Waals surface area contributed by atoms with Crippen molar-refractivity contribution in [2.45, 2.75) is 12.6 Å². The van der Waals surface area contributed by atoms with Crippen LogP contribution in [0.1, 0.15) is 16.7 Å². The van der Waals surface area contributed by atoms with E-state index in [9.17, 15) is 0 Å². The van der Waals surface area contributed by atoms with Crippen molar-refractivity contribution in [1.29, 1.82) is 0 Å². The van der Waals surface area contributed by atoms with Crippen molar-refractivity contribution in [1.82, 2.24) is 0 Å². The van der Waals surface area contributed by atoms with Gasteiger partial charge in [-0.15, -0.1) is 0 Å². The Morgan fingerprint density at radius 3 is 1.53 bits per heavy atom. The molecule has 166 valence electrons. The maximum absolute atomic E-state index is 6.61. The highest BCUT2D eigenvalue weighted by atomic mass is 35.5. The number of hydrogen-bond acceptors (Lipinski definition) is 0. The van der Waals surface area contributed by atoms with Gasteiger partial charge in [0.25, 0.3) is 0 Å². The largest absolute Gasteiger partial charge is 0.116 e. The fourth-order valence-corrected chi connectivity index (χ4v) is 9.49. The van der Waals surface area contributed by atoms with Crippen LogP contribution >= 0.6 is 18.9 Å². The average molecular weight is 478 g/mol. The Hall–Kier alpha value is -3.18. The zero-order valence-electron chi connectivity index (χ0n) is 19.0. The van der Waals surface area contributed by atoms with Crippen LogP contribution in [0.15, 0.2) is 140 Å². The van der Waals surface area contributed by atoms with Crippen molar-refractivity contribution < 1.29 is 0 Å². The first-order valence-corrected chi connectivity index (χ1v) is 14.0. The molecule has 0 aliphatic carbocycles. The molecule has 0 heterocycles. The molecule has 0 saturated heterocycles. The molecule has 34 heavy (non-hydrogen) atoms. The first-order chi connectivity index (χ1) is 16.8. The molecule has 5 aromatic carbocycles. The van der Waals surface area contributed by atoms with Crippen LogP contribution in [0.2, 0.25) is 5.02 Å². The predicted octanol–water partition coefficient (Wildman–Crippen LogP) is 7.42. The molecule has 0 aromatic heterocycles. The molecule has 0 unspecified atom stereocenters. The number of benzene rings is 5. The Morgan fingerprint density at radius 2 is 0.941 bits per heavy atom. The van der Waals surface area contributed by atoms with Crippen molar-refractivity contribution in [2.75, 3.05) is 0 Å². The van der Waals surface area contributed by atoms with Crippen LogP contribution in [0.25, 0.3) is 0 Å². The van der Waals surface area contributed by atoms with Gasteiger partial charge >= 0.3 is 0 Å². The lowest BCUT2D eigenvalue weighted by Gasteiger charge is -2.29. The van der Waals surface area contributed by atoms with Gasteiger partial charge in [-0.3, -0.25) is 0 Å². The monoisotopic (exact) mass is 477 g/mol. The van der Waals surface area contributed by atoms with E-state index in [0.717, 1.165) is 23.2 Å². The molecule has 0 bridgehead atoms. The van der Waals surface area contributed by atoms with Crippen LogP contribution in [0.3, 0.4) is 0 Å². The summed E-state index contributed by atoms with van der Waals surface area (Å²) in [5.41, 5.74) is 3.86. The molecule has 0 aliphatic heterocycles. The minimum atomic E-state index is -2.01. The molecule has 0 atom stereocenters. The lowest BCUT2D eigenvalue weighted by molar-refractivity contribution is 1.21. The molecule has 0 amide bonds. The molecule has 2 heteroatoms. The van der Waals surface area contributed by atoms with Gasteiger partial charge in [-0.1, -0.05) is 115 Å². The normalized spacial score (nSPS) is 11.3. The summed E-state index contributed by atoms with van der Waals surface area (Å²) in [6.45, 7) is 0. The van der Waals surface area contributed by atoms with Gasteiger partial charge in [0, 0.05) is 11.4 Å². The summed E-state index contributed by atoms with van der Waals surface area (Å²) in [5, 5.41) is 5.05. The quantitative estimate of drug-likeness (QED) is 0.214. The molecular formula is C32H27ClP+. The maximum Gasteiger partial charge on any atom is 0.116 e. The second-order valence-electron chi connectivity index (χ2n) is 8.52. The Labute approximate surface area is 208 Å². The fourth-order valence-electron chi connectivity index (χ4n) is 4.80. The van der Waals surface area contributed by atoms with E-state index < -0.39 is 7.26 Å². The van der Waals surface area contributed by atoms with E-state index in [0.29, 0.717) is 0 Å². The second-order valence-corrected chi connectivity index (χ2v) is 12.4. The van der Waals surface area contributed by atoms with Crippen LogP contribution in [0.4, 0.5) is 0 Å². The molecule has 0 radical (unpaired) electrons. The SMILES string of the molecule is Clc1ccccc1Cc1ccccc1[P+](Cc1ccccc1)(c1ccccc1)c1ccccc1. The van der Waals surface area contributed by atoms with E-state index in [-0.39, 0.29) is 0 Å². The summed E-state index contributed by atoms with van der Waals surface area (Å²) >= 11 is 6.61. The third kappa shape index (κ3) is 4.58. The van der Waals surface area contributed by atoms with Gasteiger partial charge in [0.05, 0.1) is 6.16 Å². The van der Waals surface area contributed by atoms with Gasteiger partial charge in [-0.25, -0.2) is 0 Å². The van der Waals surface area contributed by atoms with E-state index in [4.69, 9.17) is 11.6 Å². The van der Waals surface area contributed by atoms with Crippen LogP contribution in [-0.2, 0) is 12.6 Å². The van der Waals surface area contributed by atoms with E-state index in [1.54, 1.807) is 0 Å². The minimum absolute atomic E-state index is 0.812. The molecular weight excluding hydrogens is 451 g/mol. The zero-order chi connectivity index (χ0) is 23.2. The van der Waals surface area contributed by atoms with E-state index in [1.165, 1.54) is 27.0 Å². The minimum Gasteiger partial charge on any atom is -0.0840 e. The Bertz CT molecular complexity index is 1310. The smallest absolute Gasteiger partial charge is 0.0840 e. The van der Waals surface area contributed by atoms with Gasteiger partial charge < -0.3 is 0 Å². The van der Waals surface area contributed by atoms with Crippen molar-refractivity contribution in [3.05, 3.63) is 161 Å². The maximum atomic E-state index is 6.61. The predicted molar refractivity (Wildman–Crippen MR) is 150 cm³/mol. The first kappa shape index (κ1) is 22.6. The summed E-state index contributed by atoms with van der Waals surface area (Å²) in [5.74, 6) is 0. The molecule has 0 saturated carbocycles. The van der Waals surface area contributed by atoms with E-state index >= 15 is 0 Å². The third-order valence-electron chi connectivity index (χ3n) is 6.40.